The molecule has 0 heterocycles. The number of amides is 1. The second kappa shape index (κ2) is 51.7. The molecule has 0 aromatic carbocycles. The summed E-state index contributed by atoms with van der Waals surface area (Å²) in [5.74, 6) is -0.116. The summed E-state index contributed by atoms with van der Waals surface area (Å²) < 4.78 is 5.45. The third-order valence-electron chi connectivity index (χ3n) is 12.4. The standard InChI is InChI=1S/C56H105NO5/c1-3-5-7-9-11-13-15-17-19-20-21-22-24-25-28-32-36-40-44-48-54(59)53(52-58)57-55(60)49-45-41-37-33-29-27-31-35-39-43-47-51-62-56(61)50-46-42-38-34-30-26-23-18-16-14-12-10-8-6-4-2/h12,14,18,23,44,48,53-54,58-59H,3-11,13,15-17,19-22,24-43,45-47,49-52H2,1-2H3,(H,57,60)/b14-12-,23-18-,48-44+. The number of allylic oxidation sites excluding steroid dienone is 5. The number of aliphatic hydroxyl groups excluding tert-OH is 2. The molecule has 2 atom stereocenters. The van der Waals surface area contributed by atoms with Crippen molar-refractivity contribution in [3.05, 3.63) is 36.5 Å². The average molecular weight is 872 g/mol. The van der Waals surface area contributed by atoms with Gasteiger partial charge in [-0.2, -0.15) is 0 Å². The number of esters is 1. The predicted octanol–water partition coefficient (Wildman–Crippen LogP) is 16.5. The van der Waals surface area contributed by atoms with E-state index >= 15 is 0 Å². The summed E-state index contributed by atoms with van der Waals surface area (Å²) in [6.45, 7) is 4.83. The summed E-state index contributed by atoms with van der Waals surface area (Å²) in [4.78, 5) is 24.5. The smallest absolute Gasteiger partial charge is 0.305 e. The van der Waals surface area contributed by atoms with Crippen molar-refractivity contribution in [2.75, 3.05) is 13.2 Å². The molecule has 0 fully saturated rings. The Balaban J connectivity index is 3.52. The van der Waals surface area contributed by atoms with Crippen LogP contribution in [-0.4, -0.2) is 47.4 Å². The fourth-order valence-electron chi connectivity index (χ4n) is 8.19. The maximum atomic E-state index is 12.5. The van der Waals surface area contributed by atoms with Crippen LogP contribution in [-0.2, 0) is 14.3 Å². The van der Waals surface area contributed by atoms with Crippen LogP contribution in [0.2, 0.25) is 0 Å². The Morgan fingerprint density at radius 1 is 0.452 bits per heavy atom. The molecule has 1 amide bonds. The van der Waals surface area contributed by atoms with E-state index in [1.807, 2.05) is 6.08 Å². The van der Waals surface area contributed by atoms with Crippen molar-refractivity contribution >= 4 is 11.9 Å². The molecule has 6 heteroatoms. The topological polar surface area (TPSA) is 95.9 Å². The molecule has 62 heavy (non-hydrogen) atoms. The minimum atomic E-state index is -0.858. The van der Waals surface area contributed by atoms with Gasteiger partial charge in [0.1, 0.15) is 0 Å². The van der Waals surface area contributed by atoms with E-state index in [2.05, 4.69) is 43.5 Å². The lowest BCUT2D eigenvalue weighted by atomic mass is 10.0. The number of rotatable bonds is 50. The van der Waals surface area contributed by atoms with Gasteiger partial charge < -0.3 is 20.3 Å². The first-order valence-corrected chi connectivity index (χ1v) is 27.3. The lowest BCUT2D eigenvalue weighted by Crippen LogP contribution is -2.45. The summed E-state index contributed by atoms with van der Waals surface area (Å²) in [5.41, 5.74) is 0. The predicted molar refractivity (Wildman–Crippen MR) is 269 cm³/mol. The molecule has 0 bridgehead atoms. The third kappa shape index (κ3) is 47.6. The molecule has 0 spiro atoms. The molecule has 0 radical (unpaired) electrons. The summed E-state index contributed by atoms with van der Waals surface area (Å²) in [7, 11) is 0. The van der Waals surface area contributed by atoms with Crippen molar-refractivity contribution in [1.29, 1.82) is 0 Å². The van der Waals surface area contributed by atoms with E-state index in [1.165, 1.54) is 186 Å². The van der Waals surface area contributed by atoms with Gasteiger partial charge in [-0.3, -0.25) is 9.59 Å². The highest BCUT2D eigenvalue weighted by atomic mass is 16.5. The van der Waals surface area contributed by atoms with Crippen LogP contribution in [0.1, 0.15) is 284 Å². The van der Waals surface area contributed by atoms with Crippen LogP contribution in [0.25, 0.3) is 0 Å². The van der Waals surface area contributed by atoms with E-state index < -0.39 is 12.1 Å². The Morgan fingerprint density at radius 3 is 1.26 bits per heavy atom. The van der Waals surface area contributed by atoms with E-state index in [9.17, 15) is 19.8 Å². The zero-order chi connectivity index (χ0) is 45.1. The van der Waals surface area contributed by atoms with Gasteiger partial charge in [-0.15, -0.1) is 0 Å². The Morgan fingerprint density at radius 2 is 0.806 bits per heavy atom. The molecule has 0 aromatic rings. The van der Waals surface area contributed by atoms with Gasteiger partial charge in [-0.1, -0.05) is 243 Å². The fraction of sp³-hybridized carbons (Fsp3) is 0.857. The first-order chi connectivity index (χ1) is 30.5. The van der Waals surface area contributed by atoms with E-state index in [1.54, 1.807) is 6.08 Å². The van der Waals surface area contributed by atoms with Crippen LogP contribution in [0, 0.1) is 0 Å². The van der Waals surface area contributed by atoms with Crippen LogP contribution in [0.3, 0.4) is 0 Å². The van der Waals surface area contributed by atoms with Crippen LogP contribution >= 0.6 is 0 Å². The molecular formula is C56H105NO5. The van der Waals surface area contributed by atoms with Gasteiger partial charge in [-0.05, 0) is 64.2 Å². The Labute approximate surface area is 385 Å². The number of ether oxygens (including phenoxy) is 1. The van der Waals surface area contributed by atoms with Gasteiger partial charge >= 0.3 is 5.97 Å². The SMILES string of the molecule is CCCCC/C=C\C/C=C\CCCCCCCC(=O)OCCCCCCCCCCCCCC(=O)NC(CO)C(O)/C=C/CCCCCCCCCCCCCCCCCCC. The normalized spacial score (nSPS) is 12.9. The maximum absolute atomic E-state index is 12.5. The fourth-order valence-corrected chi connectivity index (χ4v) is 8.19. The van der Waals surface area contributed by atoms with E-state index in [-0.39, 0.29) is 18.5 Å². The van der Waals surface area contributed by atoms with Crippen LogP contribution in [0.4, 0.5) is 0 Å². The van der Waals surface area contributed by atoms with Crippen molar-refractivity contribution in [1.82, 2.24) is 5.32 Å². The van der Waals surface area contributed by atoms with Crippen LogP contribution in [0.15, 0.2) is 36.5 Å². The molecule has 364 valence electrons. The largest absolute Gasteiger partial charge is 0.466 e. The second-order valence-electron chi connectivity index (χ2n) is 18.6. The summed E-state index contributed by atoms with van der Waals surface area (Å²) in [6.07, 6.45) is 62.9. The minimum Gasteiger partial charge on any atom is -0.466 e. The number of hydrogen-bond donors (Lipinski definition) is 3. The molecule has 0 aromatic heterocycles. The molecule has 0 aliphatic heterocycles. The number of nitrogens with one attached hydrogen (secondary N) is 1. The first kappa shape index (κ1) is 60.1. The molecule has 3 N–H and O–H groups in total. The van der Waals surface area contributed by atoms with Gasteiger partial charge in [0, 0.05) is 12.8 Å². The number of carbonyl (C=O) groups is 2. The van der Waals surface area contributed by atoms with Gasteiger partial charge in [0.2, 0.25) is 5.91 Å². The van der Waals surface area contributed by atoms with Crippen molar-refractivity contribution in [2.24, 2.45) is 0 Å². The zero-order valence-corrected chi connectivity index (χ0v) is 41.4. The van der Waals surface area contributed by atoms with Gasteiger partial charge in [0.15, 0.2) is 0 Å². The highest BCUT2D eigenvalue weighted by Crippen LogP contribution is 2.16. The molecule has 0 rings (SSSR count). The van der Waals surface area contributed by atoms with Crippen molar-refractivity contribution in [3.63, 3.8) is 0 Å². The van der Waals surface area contributed by atoms with Gasteiger partial charge in [0.05, 0.1) is 25.4 Å². The van der Waals surface area contributed by atoms with E-state index in [4.69, 9.17) is 4.74 Å². The Kier molecular flexibility index (Phi) is 50.1. The lowest BCUT2D eigenvalue weighted by molar-refractivity contribution is -0.143. The molecule has 0 saturated carbocycles. The number of aliphatic hydroxyl groups is 2. The number of hydrogen-bond acceptors (Lipinski definition) is 5. The second-order valence-corrected chi connectivity index (χ2v) is 18.6. The van der Waals surface area contributed by atoms with Crippen LogP contribution < -0.4 is 5.32 Å². The van der Waals surface area contributed by atoms with E-state index in [0.29, 0.717) is 19.4 Å². The molecular weight excluding hydrogens is 767 g/mol. The Bertz CT molecular complexity index is 1010. The van der Waals surface area contributed by atoms with Gasteiger partial charge in [-0.25, -0.2) is 0 Å². The van der Waals surface area contributed by atoms with E-state index in [0.717, 1.165) is 70.6 Å². The lowest BCUT2D eigenvalue weighted by Gasteiger charge is -2.20. The summed E-state index contributed by atoms with van der Waals surface area (Å²) in [6, 6.07) is -0.643. The third-order valence-corrected chi connectivity index (χ3v) is 12.4. The quantitative estimate of drug-likeness (QED) is 0.0321. The molecule has 0 aliphatic rings. The number of carbonyl (C=O) groups excluding carboxylic acids is 2. The number of unbranched alkanes of at least 4 members (excludes halogenated alkanes) is 35. The Hall–Kier alpha value is -1.92. The van der Waals surface area contributed by atoms with Crippen molar-refractivity contribution in [3.8, 4) is 0 Å². The summed E-state index contributed by atoms with van der Waals surface area (Å²) in [5, 5.41) is 23.1. The monoisotopic (exact) mass is 872 g/mol. The molecule has 2 unspecified atom stereocenters. The molecule has 6 nitrogen and oxygen atoms in total. The average Bonchev–Trinajstić information content (AvgIpc) is 3.27. The van der Waals surface area contributed by atoms with Crippen molar-refractivity contribution < 1.29 is 24.5 Å². The molecule has 0 saturated heterocycles. The first-order valence-electron chi connectivity index (χ1n) is 27.3. The highest BCUT2D eigenvalue weighted by Gasteiger charge is 2.18. The highest BCUT2D eigenvalue weighted by molar-refractivity contribution is 5.76. The van der Waals surface area contributed by atoms with Gasteiger partial charge in [0.25, 0.3) is 0 Å². The minimum absolute atomic E-state index is 0.0294. The molecule has 0 aliphatic carbocycles. The van der Waals surface area contributed by atoms with Crippen LogP contribution in [0.5, 0.6) is 0 Å². The maximum Gasteiger partial charge on any atom is 0.305 e. The summed E-state index contributed by atoms with van der Waals surface area (Å²) >= 11 is 0. The zero-order valence-electron chi connectivity index (χ0n) is 41.4. The van der Waals surface area contributed by atoms with Crippen molar-refractivity contribution in [2.45, 2.75) is 296 Å².